The lowest BCUT2D eigenvalue weighted by Gasteiger charge is -2.70. The largest absolute Gasteiger partial charge is 0.496 e. The number of methoxy groups -OCH3 is 1. The topological polar surface area (TPSA) is 144 Å². The van der Waals surface area contributed by atoms with Crippen LogP contribution in [0.15, 0.2) is 54.6 Å². The smallest absolute Gasteiger partial charge is 0.303 e. The quantitative estimate of drug-likeness (QED) is 0.178. The van der Waals surface area contributed by atoms with Crippen LogP contribution in [0.5, 0.6) is 5.75 Å². The molecule has 0 amide bonds. The fourth-order valence-electron chi connectivity index (χ4n) is 10.7. The lowest BCUT2D eigenvalue weighted by Crippen LogP contribution is -2.75. The van der Waals surface area contributed by atoms with Crippen LogP contribution in [0.4, 0.5) is 0 Å². The zero-order valence-corrected chi connectivity index (χ0v) is 31.7. The van der Waals surface area contributed by atoms with Gasteiger partial charge in [-0.05, 0) is 60.8 Å². The molecule has 5 rings (SSSR count). The van der Waals surface area contributed by atoms with Gasteiger partial charge in [0.1, 0.15) is 24.1 Å². The van der Waals surface area contributed by atoms with Crippen molar-refractivity contribution in [2.24, 2.45) is 34.0 Å². The average Bonchev–Trinajstić information content (AvgIpc) is 3.28. The van der Waals surface area contributed by atoms with Gasteiger partial charge in [0.15, 0.2) is 0 Å². The van der Waals surface area contributed by atoms with Crippen molar-refractivity contribution in [2.75, 3.05) is 26.9 Å². The molecule has 1 aromatic carbocycles. The number of ether oxygens (including phenoxy) is 6. The van der Waals surface area contributed by atoms with Crippen molar-refractivity contribution in [3.63, 3.8) is 0 Å². The maximum absolute atomic E-state index is 13.2. The maximum Gasteiger partial charge on any atom is 0.303 e. The summed E-state index contributed by atoms with van der Waals surface area (Å²) in [6, 6.07) is 7.51. The Kier molecular flexibility index (Phi) is 11.2. The summed E-state index contributed by atoms with van der Waals surface area (Å²) in [5, 5.41) is 13.1. The molecular weight excluding hydrogens is 668 g/mol. The molecule has 11 nitrogen and oxygen atoms in total. The molecule has 1 aliphatic heterocycles. The van der Waals surface area contributed by atoms with Crippen LogP contribution < -0.4 is 4.74 Å². The molecule has 0 saturated heterocycles. The summed E-state index contributed by atoms with van der Waals surface area (Å²) in [6.45, 7) is 16.2. The Morgan fingerprint density at radius 2 is 1.65 bits per heavy atom. The number of fused-ring (bicyclic) bond motifs is 5. The molecule has 1 heterocycles. The summed E-state index contributed by atoms with van der Waals surface area (Å²) < 4.78 is 36.1. The highest BCUT2D eigenvalue weighted by Crippen LogP contribution is 2.72. The van der Waals surface area contributed by atoms with E-state index in [0.29, 0.717) is 36.3 Å². The van der Waals surface area contributed by atoms with Gasteiger partial charge in [0, 0.05) is 62.3 Å². The van der Waals surface area contributed by atoms with Crippen molar-refractivity contribution in [2.45, 2.75) is 98.1 Å². The van der Waals surface area contributed by atoms with Crippen molar-refractivity contribution in [3.05, 3.63) is 60.2 Å². The van der Waals surface area contributed by atoms with E-state index in [1.54, 1.807) is 7.11 Å². The third-order valence-corrected chi connectivity index (χ3v) is 12.5. The van der Waals surface area contributed by atoms with Gasteiger partial charge >= 0.3 is 23.9 Å². The Hall–Kier alpha value is -3.96. The second kappa shape index (κ2) is 14.8. The Morgan fingerprint density at radius 1 is 0.981 bits per heavy atom. The first-order valence-corrected chi connectivity index (χ1v) is 18.1. The van der Waals surface area contributed by atoms with Crippen LogP contribution in [0.1, 0.15) is 79.7 Å². The summed E-state index contributed by atoms with van der Waals surface area (Å²) in [5.41, 5.74) is -2.14. The number of benzene rings is 1. The zero-order valence-electron chi connectivity index (χ0n) is 31.7. The lowest BCUT2D eigenvalue weighted by molar-refractivity contribution is -0.292. The van der Waals surface area contributed by atoms with Crippen LogP contribution in [-0.2, 0) is 42.9 Å². The minimum atomic E-state index is -1.46. The second-order valence-electron chi connectivity index (χ2n) is 15.6. The molecule has 284 valence electrons. The molecule has 1 N–H and O–H groups in total. The minimum Gasteiger partial charge on any atom is -0.496 e. The first-order valence-electron chi connectivity index (χ1n) is 18.1. The summed E-state index contributed by atoms with van der Waals surface area (Å²) in [4.78, 5) is 51.1. The van der Waals surface area contributed by atoms with E-state index in [1.165, 1.54) is 27.7 Å². The molecule has 52 heavy (non-hydrogen) atoms. The molecule has 3 aliphatic carbocycles. The molecule has 2 saturated carbocycles. The molecule has 1 unspecified atom stereocenters. The van der Waals surface area contributed by atoms with Crippen LogP contribution in [0.2, 0.25) is 0 Å². The summed E-state index contributed by atoms with van der Waals surface area (Å²) in [6.07, 6.45) is 4.41. The number of carbonyl (C=O) groups is 4. The first-order chi connectivity index (χ1) is 24.4. The monoisotopic (exact) mass is 722 g/mol. The van der Waals surface area contributed by atoms with Crippen molar-refractivity contribution >= 4 is 29.5 Å². The number of allylic oxidation sites excluding steroid dienone is 1. The van der Waals surface area contributed by atoms with E-state index in [2.05, 4.69) is 19.6 Å². The fourth-order valence-corrected chi connectivity index (χ4v) is 10.7. The fraction of sp³-hybridized carbons (Fsp3) is 0.610. The zero-order chi connectivity index (χ0) is 38.2. The van der Waals surface area contributed by atoms with Crippen molar-refractivity contribution in [1.82, 2.24) is 0 Å². The van der Waals surface area contributed by atoms with E-state index in [9.17, 15) is 24.3 Å². The summed E-state index contributed by atoms with van der Waals surface area (Å²) >= 11 is 0. The summed E-state index contributed by atoms with van der Waals surface area (Å²) in [5.74, 6) is -2.98. The number of rotatable bonds is 10. The third-order valence-electron chi connectivity index (χ3n) is 12.5. The van der Waals surface area contributed by atoms with E-state index >= 15 is 0 Å². The molecule has 1 aromatic rings. The van der Waals surface area contributed by atoms with E-state index < -0.39 is 75.9 Å². The summed E-state index contributed by atoms with van der Waals surface area (Å²) in [7, 11) is 1.59. The molecule has 2 fully saturated rings. The van der Waals surface area contributed by atoms with Gasteiger partial charge in [-0.3, -0.25) is 19.2 Å². The number of carbonyl (C=O) groups excluding carboxylic acids is 4. The molecule has 4 aliphatic rings. The first kappa shape index (κ1) is 39.3. The van der Waals surface area contributed by atoms with E-state index in [1.807, 2.05) is 50.3 Å². The third kappa shape index (κ3) is 6.70. The SMILES string of the molecule is C=C(C[C@@]1(O)C(C)=C[C@@H](OC(C)=O)[C@@]2(C)[C@H]1CCC1(C)[C@@H]3C=CCOC[C@]3(CCOC(C)=O)[C@@H](OC(C)=O)[C@@H](OC(C)=O)[C@@H]12)c1ccccc1OC. The average molecular weight is 723 g/mol. The van der Waals surface area contributed by atoms with Gasteiger partial charge in [0.25, 0.3) is 0 Å². The van der Waals surface area contributed by atoms with Crippen LogP contribution >= 0.6 is 0 Å². The number of hydrogen-bond acceptors (Lipinski definition) is 11. The van der Waals surface area contributed by atoms with E-state index in [0.717, 1.165) is 5.56 Å². The highest BCUT2D eigenvalue weighted by atomic mass is 16.6. The Morgan fingerprint density at radius 3 is 2.29 bits per heavy atom. The standard InChI is InChI=1S/C41H54O11/c1-24(30-13-10-11-14-31(30)47-9)22-41(46)25(2)21-34(50-27(4)43)39(8)33(41)16-17-38(7)32-15-12-19-48-23-40(32,18-20-49-26(3)42)37(52-29(6)45)35(36(38)39)51-28(5)44/h10-15,21,32-37,46H,1,16-20,22-23H2,2-9H3/t32-,33+,34+,35-,36-,37-,38?,39+,40-,41+/m0/s1. The van der Waals surface area contributed by atoms with Gasteiger partial charge in [-0.2, -0.15) is 0 Å². The van der Waals surface area contributed by atoms with E-state index in [4.69, 9.17) is 28.4 Å². The van der Waals surface area contributed by atoms with Crippen molar-refractivity contribution in [1.29, 1.82) is 0 Å². The lowest BCUT2D eigenvalue weighted by atomic mass is 9.36. The predicted molar refractivity (Wildman–Crippen MR) is 192 cm³/mol. The minimum absolute atomic E-state index is 0.0248. The molecular formula is C41H54O11. The van der Waals surface area contributed by atoms with Crippen LogP contribution in [0.25, 0.3) is 5.57 Å². The maximum atomic E-state index is 13.2. The van der Waals surface area contributed by atoms with Gasteiger partial charge in [0.2, 0.25) is 0 Å². The van der Waals surface area contributed by atoms with Crippen molar-refractivity contribution < 1.29 is 52.7 Å². The van der Waals surface area contributed by atoms with Crippen LogP contribution in [0.3, 0.4) is 0 Å². The normalized spacial score (nSPS) is 36.4. The molecule has 0 aromatic heterocycles. The Labute approximate surface area is 306 Å². The molecule has 0 radical (unpaired) electrons. The number of aliphatic hydroxyl groups is 1. The molecule has 11 heteroatoms. The van der Waals surface area contributed by atoms with E-state index in [-0.39, 0.29) is 32.0 Å². The van der Waals surface area contributed by atoms with Gasteiger partial charge in [-0.15, -0.1) is 0 Å². The highest BCUT2D eigenvalue weighted by molar-refractivity contribution is 5.71. The molecule has 0 spiro atoms. The van der Waals surface area contributed by atoms with Crippen molar-refractivity contribution in [3.8, 4) is 5.75 Å². The predicted octanol–water partition coefficient (Wildman–Crippen LogP) is 5.78. The highest BCUT2D eigenvalue weighted by Gasteiger charge is 2.75. The van der Waals surface area contributed by atoms with Crippen LogP contribution in [0, 0.1) is 34.0 Å². The Bertz CT molecular complexity index is 1650. The van der Waals surface area contributed by atoms with Gasteiger partial charge in [-0.25, -0.2) is 0 Å². The van der Waals surface area contributed by atoms with Gasteiger partial charge in [0.05, 0.1) is 32.5 Å². The molecule has 0 bridgehead atoms. The number of para-hydroxylation sites is 1. The number of esters is 4. The second-order valence-corrected chi connectivity index (χ2v) is 15.6. The number of hydrogen-bond donors (Lipinski definition) is 1. The Balaban J connectivity index is 1.75. The molecule has 10 atom stereocenters. The van der Waals surface area contributed by atoms with Gasteiger partial charge < -0.3 is 33.5 Å². The van der Waals surface area contributed by atoms with Gasteiger partial charge in [-0.1, -0.05) is 50.8 Å². The van der Waals surface area contributed by atoms with Crippen LogP contribution in [-0.4, -0.2) is 79.8 Å².